The first-order valence-corrected chi connectivity index (χ1v) is 8.10. The van der Waals surface area contributed by atoms with E-state index in [1.165, 1.54) is 35.6 Å². The van der Waals surface area contributed by atoms with Crippen molar-refractivity contribution in [3.05, 3.63) is 70.7 Å². The van der Waals surface area contributed by atoms with E-state index >= 15 is 0 Å². The summed E-state index contributed by atoms with van der Waals surface area (Å²) in [5, 5.41) is 0.619. The number of aromatic nitrogens is 1. The van der Waals surface area contributed by atoms with E-state index in [0.29, 0.717) is 5.01 Å². The minimum atomic E-state index is -4.49. The van der Waals surface area contributed by atoms with Gasteiger partial charge < -0.3 is 4.74 Å². The number of carbonyl (C=O) groups excluding carboxylic acids is 1. The van der Waals surface area contributed by atoms with Crippen LogP contribution in [0.3, 0.4) is 0 Å². The van der Waals surface area contributed by atoms with Crippen molar-refractivity contribution in [2.24, 2.45) is 0 Å². The fraction of sp³-hybridized carbons (Fsp3) is 0.111. The smallest absolute Gasteiger partial charge is 0.416 e. The number of para-hydroxylation sites is 1. The maximum Gasteiger partial charge on any atom is 0.416 e. The zero-order valence-corrected chi connectivity index (χ0v) is 13.6. The highest BCUT2D eigenvalue weighted by molar-refractivity contribution is 7.19. The van der Waals surface area contributed by atoms with Gasteiger partial charge in [0.2, 0.25) is 0 Å². The molecule has 3 aromatic rings. The number of thiazole rings is 1. The third-order valence-corrected chi connectivity index (χ3v) is 4.37. The topological polar surface area (TPSA) is 39.2 Å². The highest BCUT2D eigenvalue weighted by Crippen LogP contribution is 2.32. The number of benzene rings is 2. The van der Waals surface area contributed by atoms with Crippen molar-refractivity contribution < 1.29 is 22.7 Å². The standard InChI is InChI=1S/C18H12F3NO2S/c19-18(20,21)13-6-2-1-5-12(13)11-24-17(23)10-9-16-22-14-7-3-4-8-15(14)25-16/h1-10H,11H2/b10-9+. The maximum atomic E-state index is 12.9. The summed E-state index contributed by atoms with van der Waals surface area (Å²) < 4.78 is 44.5. The van der Waals surface area contributed by atoms with E-state index in [2.05, 4.69) is 4.98 Å². The predicted molar refractivity (Wildman–Crippen MR) is 89.9 cm³/mol. The van der Waals surface area contributed by atoms with Crippen LogP contribution in [0.1, 0.15) is 16.1 Å². The maximum absolute atomic E-state index is 12.9. The summed E-state index contributed by atoms with van der Waals surface area (Å²) in [4.78, 5) is 16.1. The van der Waals surface area contributed by atoms with Gasteiger partial charge in [-0.15, -0.1) is 11.3 Å². The second kappa shape index (κ2) is 7.06. The Morgan fingerprint density at radius 1 is 1.12 bits per heavy atom. The molecule has 0 spiro atoms. The average Bonchev–Trinajstić information content (AvgIpc) is 3.00. The molecule has 25 heavy (non-hydrogen) atoms. The molecule has 128 valence electrons. The summed E-state index contributed by atoms with van der Waals surface area (Å²) >= 11 is 1.41. The molecule has 0 atom stereocenters. The minimum Gasteiger partial charge on any atom is -0.458 e. The lowest BCUT2D eigenvalue weighted by molar-refractivity contribution is -0.143. The molecule has 2 aromatic carbocycles. The Morgan fingerprint density at radius 2 is 1.84 bits per heavy atom. The minimum absolute atomic E-state index is 0.0864. The van der Waals surface area contributed by atoms with Crippen molar-refractivity contribution in [2.75, 3.05) is 0 Å². The van der Waals surface area contributed by atoms with E-state index in [1.54, 1.807) is 0 Å². The molecule has 0 radical (unpaired) electrons. The van der Waals surface area contributed by atoms with Crippen LogP contribution in [0.2, 0.25) is 0 Å². The van der Waals surface area contributed by atoms with Gasteiger partial charge in [-0.05, 0) is 24.3 Å². The first-order valence-electron chi connectivity index (χ1n) is 7.29. The van der Waals surface area contributed by atoms with Crippen molar-refractivity contribution >= 4 is 33.6 Å². The fourth-order valence-electron chi connectivity index (χ4n) is 2.22. The van der Waals surface area contributed by atoms with E-state index in [0.717, 1.165) is 22.4 Å². The van der Waals surface area contributed by atoms with Crippen LogP contribution >= 0.6 is 11.3 Å². The highest BCUT2D eigenvalue weighted by Gasteiger charge is 2.33. The summed E-state index contributed by atoms with van der Waals surface area (Å²) in [6.07, 6.45) is -1.84. The molecular weight excluding hydrogens is 351 g/mol. The van der Waals surface area contributed by atoms with Crippen LogP contribution < -0.4 is 0 Å². The van der Waals surface area contributed by atoms with Gasteiger partial charge >= 0.3 is 12.1 Å². The van der Waals surface area contributed by atoms with Crippen molar-refractivity contribution in [1.82, 2.24) is 4.98 Å². The molecule has 0 fully saturated rings. The molecule has 0 aliphatic carbocycles. The van der Waals surface area contributed by atoms with Crippen LogP contribution in [0.25, 0.3) is 16.3 Å². The number of esters is 1. The number of hydrogen-bond acceptors (Lipinski definition) is 4. The third-order valence-electron chi connectivity index (χ3n) is 3.37. The predicted octanol–water partition coefficient (Wildman–Crippen LogP) is 5.07. The van der Waals surface area contributed by atoms with Gasteiger partial charge in [0.05, 0.1) is 15.8 Å². The van der Waals surface area contributed by atoms with Crippen LogP contribution in [0.5, 0.6) is 0 Å². The number of nitrogens with zero attached hydrogens (tertiary/aromatic N) is 1. The number of alkyl halides is 3. The number of ether oxygens (including phenoxy) is 1. The van der Waals surface area contributed by atoms with Crippen LogP contribution in [0, 0.1) is 0 Å². The highest BCUT2D eigenvalue weighted by atomic mass is 32.1. The van der Waals surface area contributed by atoms with E-state index < -0.39 is 24.3 Å². The molecule has 0 saturated carbocycles. The summed E-state index contributed by atoms with van der Waals surface area (Å²) in [6, 6.07) is 12.5. The molecule has 0 aliphatic heterocycles. The van der Waals surface area contributed by atoms with Crippen molar-refractivity contribution in [1.29, 1.82) is 0 Å². The molecule has 3 nitrogen and oxygen atoms in total. The molecule has 3 rings (SSSR count). The lowest BCUT2D eigenvalue weighted by Gasteiger charge is -2.12. The third kappa shape index (κ3) is 4.24. The van der Waals surface area contributed by atoms with Gasteiger partial charge in [-0.2, -0.15) is 13.2 Å². The van der Waals surface area contributed by atoms with E-state index in [4.69, 9.17) is 4.74 Å². The summed E-state index contributed by atoms with van der Waals surface area (Å²) in [7, 11) is 0. The van der Waals surface area contributed by atoms with Crippen molar-refractivity contribution in [3.63, 3.8) is 0 Å². The molecule has 0 bridgehead atoms. The Hall–Kier alpha value is -2.67. The van der Waals surface area contributed by atoms with Crippen LogP contribution in [0.15, 0.2) is 54.6 Å². The van der Waals surface area contributed by atoms with Gasteiger partial charge in [-0.1, -0.05) is 30.3 Å². The van der Waals surface area contributed by atoms with Crippen LogP contribution in [-0.4, -0.2) is 11.0 Å². The van der Waals surface area contributed by atoms with E-state index in [1.807, 2.05) is 24.3 Å². The molecule has 1 aromatic heterocycles. The number of carbonyl (C=O) groups is 1. The summed E-state index contributed by atoms with van der Waals surface area (Å²) in [5.41, 5.74) is -0.0747. The lowest BCUT2D eigenvalue weighted by Crippen LogP contribution is -2.11. The molecule has 0 N–H and O–H groups in total. The Kier molecular flexibility index (Phi) is 4.85. The monoisotopic (exact) mass is 363 g/mol. The van der Waals surface area contributed by atoms with Crippen molar-refractivity contribution in [3.8, 4) is 0 Å². The Bertz CT molecular complexity index is 898. The van der Waals surface area contributed by atoms with Gasteiger partial charge in [0, 0.05) is 11.6 Å². The molecule has 0 aliphatic rings. The lowest BCUT2D eigenvalue weighted by atomic mass is 10.1. The normalized spacial score (nSPS) is 12.0. The fourth-order valence-corrected chi connectivity index (χ4v) is 3.09. The number of halogens is 3. The van der Waals surface area contributed by atoms with Gasteiger partial charge in [0.15, 0.2) is 0 Å². The van der Waals surface area contributed by atoms with E-state index in [9.17, 15) is 18.0 Å². The van der Waals surface area contributed by atoms with Gasteiger partial charge in [0.25, 0.3) is 0 Å². The van der Waals surface area contributed by atoms with Gasteiger partial charge in [-0.25, -0.2) is 9.78 Å². The molecular formula is C18H12F3NO2S. The number of rotatable bonds is 4. The molecule has 0 unspecified atom stereocenters. The quantitative estimate of drug-likeness (QED) is 0.480. The van der Waals surface area contributed by atoms with Gasteiger partial charge in [-0.3, -0.25) is 0 Å². The SMILES string of the molecule is O=C(/C=C/c1nc2ccccc2s1)OCc1ccccc1C(F)(F)F. The zero-order chi connectivity index (χ0) is 17.9. The molecule has 1 heterocycles. The summed E-state index contributed by atoms with van der Waals surface area (Å²) in [6.45, 7) is -0.446. The second-order valence-corrected chi connectivity index (χ2v) is 6.18. The van der Waals surface area contributed by atoms with Crippen LogP contribution in [-0.2, 0) is 22.3 Å². The molecule has 7 heteroatoms. The second-order valence-electron chi connectivity index (χ2n) is 5.12. The first-order chi connectivity index (χ1) is 11.9. The molecule has 0 saturated heterocycles. The average molecular weight is 363 g/mol. The Labute approximate surface area is 145 Å². The largest absolute Gasteiger partial charge is 0.458 e. The van der Waals surface area contributed by atoms with E-state index in [-0.39, 0.29) is 5.56 Å². The van der Waals surface area contributed by atoms with Crippen LogP contribution in [0.4, 0.5) is 13.2 Å². The van der Waals surface area contributed by atoms with Gasteiger partial charge in [0.1, 0.15) is 11.6 Å². The summed E-state index contributed by atoms with van der Waals surface area (Å²) in [5.74, 6) is -0.726. The Morgan fingerprint density at radius 3 is 2.60 bits per heavy atom. The Balaban J connectivity index is 1.65. The molecule has 0 amide bonds. The number of fused-ring (bicyclic) bond motifs is 1. The van der Waals surface area contributed by atoms with Crippen molar-refractivity contribution in [2.45, 2.75) is 12.8 Å². The zero-order valence-electron chi connectivity index (χ0n) is 12.8. The first kappa shape index (κ1) is 17.2. The number of hydrogen-bond donors (Lipinski definition) is 0.